The van der Waals surface area contributed by atoms with Gasteiger partial charge in [0.05, 0.1) is 16.8 Å². The number of phenols is 1. The fourth-order valence-electron chi connectivity index (χ4n) is 3.95. The smallest absolute Gasteiger partial charge is 0.271 e. The van der Waals surface area contributed by atoms with Gasteiger partial charge in [0.2, 0.25) is 5.91 Å². The van der Waals surface area contributed by atoms with Crippen LogP contribution in [0.4, 0.5) is 0 Å². The molecular formula is C23H22ClN3O3. The highest BCUT2D eigenvalue weighted by atomic mass is 35.5. The molecule has 1 aliphatic carbocycles. The van der Waals surface area contributed by atoms with E-state index in [1.807, 2.05) is 24.3 Å². The molecule has 30 heavy (non-hydrogen) atoms. The van der Waals surface area contributed by atoms with E-state index < -0.39 is 5.91 Å². The number of rotatable bonds is 5. The molecule has 7 heteroatoms. The highest BCUT2D eigenvalue weighted by molar-refractivity contribution is 6.32. The number of hydrazone groups is 1. The molecule has 0 radical (unpaired) electrons. The van der Waals surface area contributed by atoms with Gasteiger partial charge in [-0.05, 0) is 49.1 Å². The number of phenolic OH excluding ortho intramolecular Hbond substituents is 1. The number of hydrogen-bond acceptors (Lipinski definition) is 4. The maximum Gasteiger partial charge on any atom is 0.271 e. The van der Waals surface area contributed by atoms with Crippen LogP contribution in [0, 0.1) is 5.92 Å². The van der Waals surface area contributed by atoms with Gasteiger partial charge in [-0.3, -0.25) is 14.2 Å². The van der Waals surface area contributed by atoms with Gasteiger partial charge in [-0.15, -0.1) is 0 Å². The van der Waals surface area contributed by atoms with Crippen LogP contribution in [0.1, 0.15) is 52.8 Å². The third kappa shape index (κ3) is 4.24. The Morgan fingerprint density at radius 2 is 2.00 bits per heavy atom. The van der Waals surface area contributed by atoms with Crippen LogP contribution in [0.3, 0.4) is 0 Å². The van der Waals surface area contributed by atoms with Crippen LogP contribution in [0.25, 0.3) is 10.9 Å². The lowest BCUT2D eigenvalue weighted by Crippen LogP contribution is -2.17. The summed E-state index contributed by atoms with van der Waals surface area (Å²) in [4.78, 5) is 24.9. The Kier molecular flexibility index (Phi) is 5.86. The molecule has 0 saturated heterocycles. The van der Waals surface area contributed by atoms with Crippen LogP contribution in [0.15, 0.2) is 53.8 Å². The number of halogens is 1. The monoisotopic (exact) mass is 423 g/mol. The van der Waals surface area contributed by atoms with E-state index in [0.29, 0.717) is 12.3 Å². The Balaban J connectivity index is 1.49. The molecule has 0 unspecified atom stereocenters. The summed E-state index contributed by atoms with van der Waals surface area (Å²) >= 11 is 5.84. The number of nitrogens with one attached hydrogen (secondary N) is 1. The van der Waals surface area contributed by atoms with Gasteiger partial charge in [0.25, 0.3) is 5.91 Å². The van der Waals surface area contributed by atoms with Crippen LogP contribution in [0.5, 0.6) is 5.75 Å². The second-order valence-corrected chi connectivity index (χ2v) is 7.99. The minimum atomic E-state index is -0.440. The maximum atomic E-state index is 12.7. The highest BCUT2D eigenvalue weighted by Crippen LogP contribution is 2.29. The van der Waals surface area contributed by atoms with Crippen molar-refractivity contribution in [2.75, 3.05) is 0 Å². The molecule has 1 fully saturated rings. The highest BCUT2D eigenvalue weighted by Gasteiger charge is 2.20. The summed E-state index contributed by atoms with van der Waals surface area (Å²) in [6, 6.07) is 11.7. The van der Waals surface area contributed by atoms with E-state index in [2.05, 4.69) is 10.5 Å². The zero-order valence-electron chi connectivity index (χ0n) is 16.3. The molecule has 0 atom stereocenters. The molecule has 0 spiro atoms. The van der Waals surface area contributed by atoms with Gasteiger partial charge in [-0.25, -0.2) is 5.43 Å². The van der Waals surface area contributed by atoms with Crippen molar-refractivity contribution < 1.29 is 14.7 Å². The number of fused-ring (bicyclic) bond motifs is 1. The second-order valence-electron chi connectivity index (χ2n) is 7.58. The van der Waals surface area contributed by atoms with Crippen molar-refractivity contribution in [1.82, 2.24) is 9.99 Å². The number of benzene rings is 2. The molecule has 2 N–H and O–H groups in total. The quantitative estimate of drug-likeness (QED) is 0.448. The third-order valence-electron chi connectivity index (χ3n) is 5.55. The summed E-state index contributed by atoms with van der Waals surface area (Å²) in [6.45, 7) is 0. The number of amides is 1. The molecule has 0 aliphatic heterocycles. The van der Waals surface area contributed by atoms with E-state index in [4.69, 9.17) is 11.6 Å². The summed E-state index contributed by atoms with van der Waals surface area (Å²) in [5.41, 5.74) is 4.37. The van der Waals surface area contributed by atoms with E-state index in [9.17, 15) is 14.7 Å². The lowest BCUT2D eigenvalue weighted by Gasteiger charge is -2.09. The first-order valence-corrected chi connectivity index (χ1v) is 10.4. The van der Waals surface area contributed by atoms with Gasteiger partial charge in [0.15, 0.2) is 0 Å². The number of aromatic nitrogens is 1. The third-order valence-corrected chi connectivity index (χ3v) is 5.86. The molecule has 4 rings (SSSR count). The Morgan fingerprint density at radius 1 is 1.20 bits per heavy atom. The van der Waals surface area contributed by atoms with Gasteiger partial charge in [-0.1, -0.05) is 36.6 Å². The van der Waals surface area contributed by atoms with E-state index in [-0.39, 0.29) is 22.2 Å². The minimum absolute atomic E-state index is 0.0876. The van der Waals surface area contributed by atoms with Crippen molar-refractivity contribution in [2.45, 2.75) is 32.1 Å². The van der Waals surface area contributed by atoms with Crippen LogP contribution >= 0.6 is 11.6 Å². The largest absolute Gasteiger partial charge is 0.506 e. The van der Waals surface area contributed by atoms with E-state index in [1.54, 1.807) is 17.0 Å². The van der Waals surface area contributed by atoms with E-state index in [0.717, 1.165) is 29.3 Å². The standard InChI is InChI=1S/C23H22ClN3O3/c24-19-13-16(8-9-21(19)28)23(30)26-25-14-17-6-3-7-20-18(17)10-11-27(20)22(29)12-15-4-1-2-5-15/h3,6-11,13-15,28H,1-2,4-5,12H2,(H,26,30)/b25-14+. The SMILES string of the molecule is O=C(N/N=C/c1cccc2c1ccn2C(=O)CC1CCCC1)c1ccc(O)c(Cl)c1. The Morgan fingerprint density at radius 3 is 2.77 bits per heavy atom. The molecule has 154 valence electrons. The molecular weight excluding hydrogens is 402 g/mol. The zero-order chi connectivity index (χ0) is 21.1. The Labute approximate surface area is 179 Å². The predicted molar refractivity (Wildman–Crippen MR) is 117 cm³/mol. The summed E-state index contributed by atoms with van der Waals surface area (Å²) in [5.74, 6) is 0.0758. The molecule has 1 aromatic heterocycles. The first-order valence-electron chi connectivity index (χ1n) is 9.98. The average molecular weight is 424 g/mol. The van der Waals surface area contributed by atoms with Crippen molar-refractivity contribution in [1.29, 1.82) is 0 Å². The number of nitrogens with zero attached hydrogens (tertiary/aromatic N) is 2. The number of aromatic hydroxyl groups is 1. The summed E-state index contributed by atoms with van der Waals surface area (Å²) < 4.78 is 1.71. The summed E-state index contributed by atoms with van der Waals surface area (Å²) in [7, 11) is 0. The van der Waals surface area contributed by atoms with Gasteiger partial charge in [0.1, 0.15) is 5.75 Å². The van der Waals surface area contributed by atoms with Crippen molar-refractivity contribution in [3.05, 3.63) is 64.8 Å². The maximum absolute atomic E-state index is 12.7. The molecule has 3 aromatic rings. The number of hydrogen-bond donors (Lipinski definition) is 2. The van der Waals surface area contributed by atoms with E-state index in [1.165, 1.54) is 31.0 Å². The molecule has 1 amide bonds. The van der Waals surface area contributed by atoms with E-state index >= 15 is 0 Å². The lowest BCUT2D eigenvalue weighted by molar-refractivity contribution is 0.0885. The zero-order valence-corrected chi connectivity index (χ0v) is 17.1. The van der Waals surface area contributed by atoms with Crippen LogP contribution in [0.2, 0.25) is 5.02 Å². The van der Waals surface area contributed by atoms with Crippen molar-refractivity contribution in [3.63, 3.8) is 0 Å². The predicted octanol–water partition coefficient (Wildman–Crippen LogP) is 4.98. The first kappa shape index (κ1) is 20.2. The van der Waals surface area contributed by atoms with Crippen molar-refractivity contribution >= 4 is 40.5 Å². The van der Waals surface area contributed by atoms with Gasteiger partial charge in [-0.2, -0.15) is 5.10 Å². The second kappa shape index (κ2) is 8.71. The van der Waals surface area contributed by atoms with Crippen molar-refractivity contribution in [3.8, 4) is 5.75 Å². The van der Waals surface area contributed by atoms with Gasteiger partial charge >= 0.3 is 0 Å². The van der Waals surface area contributed by atoms with Crippen LogP contribution in [-0.4, -0.2) is 27.7 Å². The molecule has 1 heterocycles. The number of carbonyl (C=O) groups excluding carboxylic acids is 2. The molecule has 2 aromatic carbocycles. The molecule has 1 aliphatic rings. The lowest BCUT2D eigenvalue weighted by atomic mass is 10.0. The molecule has 6 nitrogen and oxygen atoms in total. The summed E-state index contributed by atoms with van der Waals surface area (Å²) in [5, 5.41) is 14.5. The molecule has 0 bridgehead atoms. The number of carbonyl (C=O) groups is 2. The Bertz CT molecular complexity index is 1130. The fraction of sp³-hybridized carbons (Fsp3) is 0.261. The molecule has 1 saturated carbocycles. The topological polar surface area (TPSA) is 83.7 Å². The normalized spacial score (nSPS) is 14.6. The summed E-state index contributed by atoms with van der Waals surface area (Å²) in [6.07, 6.45) is 8.63. The Hall–Kier alpha value is -3.12. The average Bonchev–Trinajstić information content (AvgIpc) is 3.40. The minimum Gasteiger partial charge on any atom is -0.506 e. The van der Waals surface area contributed by atoms with Gasteiger partial charge < -0.3 is 5.11 Å². The van der Waals surface area contributed by atoms with Gasteiger partial charge in [0, 0.05) is 29.1 Å². The fourth-order valence-corrected chi connectivity index (χ4v) is 4.13. The first-order chi connectivity index (χ1) is 14.5. The van der Waals surface area contributed by atoms with Crippen LogP contribution in [-0.2, 0) is 0 Å². The van der Waals surface area contributed by atoms with Crippen LogP contribution < -0.4 is 5.43 Å². The van der Waals surface area contributed by atoms with Crippen molar-refractivity contribution in [2.24, 2.45) is 11.0 Å².